The molecule has 0 aliphatic heterocycles. The van der Waals surface area contributed by atoms with Gasteiger partial charge in [0.05, 0.1) is 16.9 Å². The number of aryl methyl sites for hydroxylation is 1. The summed E-state index contributed by atoms with van der Waals surface area (Å²) in [5.41, 5.74) is 9.20. The van der Waals surface area contributed by atoms with Crippen LogP contribution in [0.15, 0.2) is 28.2 Å². The molecule has 0 saturated heterocycles. The number of thiazole rings is 1. The van der Waals surface area contributed by atoms with Gasteiger partial charge < -0.3 is 11.1 Å². The second-order valence-corrected chi connectivity index (χ2v) is 5.99. The zero-order chi connectivity index (χ0) is 14.0. The summed E-state index contributed by atoms with van der Waals surface area (Å²) in [7, 11) is 0. The average Bonchev–Trinajstić information content (AvgIpc) is 2.75. The summed E-state index contributed by atoms with van der Waals surface area (Å²) in [6, 6.07) is 5.35. The number of aromatic nitrogens is 1. The third-order valence-corrected chi connectivity index (χ3v) is 4.09. The van der Waals surface area contributed by atoms with Gasteiger partial charge in [-0.05, 0) is 25.1 Å². The second-order valence-electron chi connectivity index (χ2n) is 3.78. The molecule has 1 heterocycles. The van der Waals surface area contributed by atoms with Crippen molar-refractivity contribution in [1.82, 2.24) is 4.98 Å². The molecule has 7 heteroatoms. The van der Waals surface area contributed by atoms with Gasteiger partial charge in [0, 0.05) is 10.0 Å². The molecule has 0 atom stereocenters. The molecule has 1 aromatic carbocycles. The molecule has 3 N–H and O–H groups in total. The number of nitrogens with two attached hydrogens (primary N) is 1. The second kappa shape index (κ2) is 5.77. The highest BCUT2D eigenvalue weighted by molar-refractivity contribution is 9.10. The number of anilines is 1. The third-order valence-electron chi connectivity index (χ3n) is 2.45. The van der Waals surface area contributed by atoms with Gasteiger partial charge in [-0.3, -0.25) is 4.79 Å². The molecule has 2 aromatic rings. The van der Waals surface area contributed by atoms with Crippen LogP contribution in [0.3, 0.4) is 0 Å². The Balaban J connectivity index is 2.33. The van der Waals surface area contributed by atoms with Crippen LogP contribution in [0.5, 0.6) is 0 Å². The summed E-state index contributed by atoms with van der Waals surface area (Å²) in [6.07, 6.45) is 0. The highest BCUT2D eigenvalue weighted by Crippen LogP contribution is 2.23. The quantitative estimate of drug-likeness (QED) is 0.830. The summed E-state index contributed by atoms with van der Waals surface area (Å²) in [5.74, 6) is -0.212. The largest absolute Gasteiger partial charge is 0.389 e. The number of amides is 1. The molecule has 19 heavy (non-hydrogen) atoms. The van der Waals surface area contributed by atoms with Crippen LogP contribution in [-0.4, -0.2) is 15.9 Å². The Morgan fingerprint density at radius 2 is 2.26 bits per heavy atom. The maximum absolute atomic E-state index is 12.1. The highest BCUT2D eigenvalue weighted by Gasteiger charge is 2.14. The first-order chi connectivity index (χ1) is 8.99. The maximum Gasteiger partial charge on any atom is 0.267 e. The minimum atomic E-state index is -0.212. The molecule has 0 fully saturated rings. The van der Waals surface area contributed by atoms with Crippen LogP contribution >= 0.6 is 39.5 Å². The first-order valence-electron chi connectivity index (χ1n) is 5.30. The number of nitrogens with zero attached hydrogens (tertiary/aromatic N) is 1. The summed E-state index contributed by atoms with van der Waals surface area (Å²) >= 11 is 9.62. The van der Waals surface area contributed by atoms with Crippen LogP contribution in [0.1, 0.15) is 20.9 Å². The number of hydrogen-bond donors (Lipinski definition) is 2. The summed E-state index contributed by atoms with van der Waals surface area (Å²) in [6.45, 7) is 1.79. The smallest absolute Gasteiger partial charge is 0.267 e. The monoisotopic (exact) mass is 355 g/mol. The molecule has 1 aromatic heterocycles. The molecule has 98 valence electrons. The van der Waals surface area contributed by atoms with E-state index in [4.69, 9.17) is 18.0 Å². The molecule has 0 radical (unpaired) electrons. The van der Waals surface area contributed by atoms with Crippen LogP contribution in [0, 0.1) is 6.92 Å². The Morgan fingerprint density at radius 1 is 1.53 bits per heavy atom. The average molecular weight is 356 g/mol. The molecular weight excluding hydrogens is 346 g/mol. The molecule has 0 unspecified atom stereocenters. The minimum Gasteiger partial charge on any atom is -0.389 e. The maximum atomic E-state index is 12.1. The molecule has 0 aliphatic rings. The van der Waals surface area contributed by atoms with Gasteiger partial charge in [0.15, 0.2) is 0 Å². The lowest BCUT2D eigenvalue weighted by molar-refractivity contribution is 0.103. The van der Waals surface area contributed by atoms with Crippen LogP contribution in [0.2, 0.25) is 0 Å². The van der Waals surface area contributed by atoms with E-state index in [0.29, 0.717) is 21.8 Å². The number of halogens is 1. The van der Waals surface area contributed by atoms with Crippen molar-refractivity contribution in [2.75, 3.05) is 5.32 Å². The van der Waals surface area contributed by atoms with E-state index in [1.165, 1.54) is 11.3 Å². The lowest BCUT2D eigenvalue weighted by atomic mass is 10.1. The fraction of sp³-hybridized carbons (Fsp3) is 0.0833. The van der Waals surface area contributed by atoms with Crippen molar-refractivity contribution < 1.29 is 4.79 Å². The number of nitrogens with one attached hydrogen (secondary N) is 1. The predicted molar refractivity (Wildman–Crippen MR) is 84.8 cm³/mol. The topological polar surface area (TPSA) is 68.0 Å². The fourth-order valence-corrected chi connectivity index (χ4v) is 2.77. The predicted octanol–water partition coefficient (Wildman–Crippen LogP) is 3.10. The van der Waals surface area contributed by atoms with E-state index in [1.54, 1.807) is 24.6 Å². The van der Waals surface area contributed by atoms with E-state index < -0.39 is 0 Å². The summed E-state index contributed by atoms with van der Waals surface area (Å²) in [4.78, 5) is 17.0. The normalized spacial score (nSPS) is 10.2. The Morgan fingerprint density at radius 3 is 2.84 bits per heavy atom. The van der Waals surface area contributed by atoms with Crippen molar-refractivity contribution in [1.29, 1.82) is 0 Å². The Labute approximate surface area is 128 Å². The summed E-state index contributed by atoms with van der Waals surface area (Å²) < 4.78 is 0.837. The summed E-state index contributed by atoms with van der Waals surface area (Å²) in [5, 5.41) is 2.81. The molecule has 0 saturated carbocycles. The van der Waals surface area contributed by atoms with Crippen molar-refractivity contribution in [3.63, 3.8) is 0 Å². The first-order valence-corrected chi connectivity index (χ1v) is 7.38. The van der Waals surface area contributed by atoms with E-state index in [-0.39, 0.29) is 10.9 Å². The van der Waals surface area contributed by atoms with Crippen LogP contribution < -0.4 is 11.1 Å². The molecule has 0 aliphatic carbocycles. The van der Waals surface area contributed by atoms with Gasteiger partial charge in [0.2, 0.25) is 0 Å². The number of carbonyl (C=O) groups excluding carboxylic acids is 1. The third kappa shape index (κ3) is 3.17. The zero-order valence-corrected chi connectivity index (χ0v) is 13.2. The van der Waals surface area contributed by atoms with Crippen molar-refractivity contribution in [3.8, 4) is 0 Å². The van der Waals surface area contributed by atoms with E-state index in [1.807, 2.05) is 6.07 Å². The molecule has 1 amide bonds. The van der Waals surface area contributed by atoms with Gasteiger partial charge in [-0.1, -0.05) is 28.1 Å². The standard InChI is InChI=1S/C12H10BrN3OS2/c1-6-10(19-5-15-6)12(17)16-9-4-7(13)2-3-8(9)11(14)18/h2-5H,1H3,(H2,14,18)(H,16,17). The lowest BCUT2D eigenvalue weighted by Crippen LogP contribution is -2.17. The fourth-order valence-electron chi connectivity index (χ4n) is 1.53. The first kappa shape index (κ1) is 14.1. The van der Waals surface area contributed by atoms with Gasteiger partial charge in [0.1, 0.15) is 9.87 Å². The molecule has 0 spiro atoms. The number of thiocarbonyl (C=S) groups is 1. The molecule has 4 nitrogen and oxygen atoms in total. The van der Waals surface area contributed by atoms with Crippen molar-refractivity contribution in [2.24, 2.45) is 5.73 Å². The van der Waals surface area contributed by atoms with Crippen molar-refractivity contribution in [3.05, 3.63) is 44.3 Å². The number of rotatable bonds is 3. The zero-order valence-electron chi connectivity index (χ0n) is 9.94. The highest BCUT2D eigenvalue weighted by atomic mass is 79.9. The van der Waals surface area contributed by atoms with E-state index in [9.17, 15) is 4.79 Å². The number of carbonyl (C=O) groups is 1. The molecular formula is C12H10BrN3OS2. The van der Waals surface area contributed by atoms with Gasteiger partial charge in [-0.25, -0.2) is 4.98 Å². The molecule has 0 bridgehead atoms. The van der Waals surface area contributed by atoms with Crippen molar-refractivity contribution >= 4 is 56.1 Å². The van der Waals surface area contributed by atoms with Gasteiger partial charge >= 0.3 is 0 Å². The number of benzene rings is 1. The van der Waals surface area contributed by atoms with Crippen LogP contribution in [0.25, 0.3) is 0 Å². The Bertz CT molecular complexity index is 654. The van der Waals surface area contributed by atoms with Crippen LogP contribution in [0.4, 0.5) is 5.69 Å². The number of hydrogen-bond acceptors (Lipinski definition) is 4. The van der Waals surface area contributed by atoms with Crippen molar-refractivity contribution in [2.45, 2.75) is 6.92 Å². The van der Waals surface area contributed by atoms with Gasteiger partial charge in [-0.2, -0.15) is 0 Å². The van der Waals surface area contributed by atoms with Gasteiger partial charge in [-0.15, -0.1) is 11.3 Å². The van der Waals surface area contributed by atoms with Crippen LogP contribution in [-0.2, 0) is 0 Å². The SMILES string of the molecule is Cc1ncsc1C(=O)Nc1cc(Br)ccc1C(N)=S. The molecule has 2 rings (SSSR count). The van der Waals surface area contributed by atoms with Gasteiger partial charge in [0.25, 0.3) is 5.91 Å². The Hall–Kier alpha value is -1.31. The Kier molecular flexibility index (Phi) is 4.28. The van der Waals surface area contributed by atoms with E-state index >= 15 is 0 Å². The van der Waals surface area contributed by atoms with E-state index in [2.05, 4.69) is 26.2 Å². The minimum absolute atomic E-state index is 0.212. The van der Waals surface area contributed by atoms with E-state index in [0.717, 1.165) is 4.47 Å². The lowest BCUT2D eigenvalue weighted by Gasteiger charge is -2.10.